The third kappa shape index (κ3) is 4.40. The van der Waals surface area contributed by atoms with E-state index in [1.54, 1.807) is 0 Å². The molecule has 1 aromatic carbocycles. The molecule has 1 aliphatic rings. The molecule has 1 saturated heterocycles. The summed E-state index contributed by atoms with van der Waals surface area (Å²) in [6, 6.07) is 10.3. The third-order valence-electron chi connectivity index (χ3n) is 4.80. The number of aromatic nitrogens is 3. The highest BCUT2D eigenvalue weighted by atomic mass is 32.1. The van der Waals surface area contributed by atoms with Crippen LogP contribution in [0.5, 0.6) is 0 Å². The SMILES string of the molecule is CCOC(=O)[C@H]1CCCN(Cn2nc(Cc3ccccc3)n(C)c2=S)C1. The maximum atomic E-state index is 12.0. The van der Waals surface area contributed by atoms with Gasteiger partial charge in [-0.05, 0) is 44.1 Å². The van der Waals surface area contributed by atoms with Crippen molar-refractivity contribution in [3.05, 3.63) is 46.5 Å². The lowest BCUT2D eigenvalue weighted by molar-refractivity contribution is -0.150. The van der Waals surface area contributed by atoms with Gasteiger partial charge in [0, 0.05) is 20.0 Å². The lowest BCUT2D eigenvalue weighted by atomic mass is 9.99. The predicted octanol–water partition coefficient (Wildman–Crippen LogP) is 2.77. The fourth-order valence-electron chi connectivity index (χ4n) is 3.38. The zero-order valence-corrected chi connectivity index (χ0v) is 16.2. The molecule has 0 spiro atoms. The Bertz CT molecular complexity index is 800. The van der Waals surface area contributed by atoms with Gasteiger partial charge in [-0.2, -0.15) is 5.10 Å². The third-order valence-corrected chi connectivity index (χ3v) is 5.28. The van der Waals surface area contributed by atoms with Crippen LogP contribution in [0.1, 0.15) is 31.2 Å². The molecule has 0 radical (unpaired) electrons. The van der Waals surface area contributed by atoms with Crippen molar-refractivity contribution in [1.82, 2.24) is 19.2 Å². The van der Waals surface area contributed by atoms with Crippen LogP contribution in [0.25, 0.3) is 0 Å². The standard InChI is InChI=1S/C19H26N4O2S/c1-3-25-18(24)16-10-7-11-22(13-16)14-23-19(26)21(2)17(20-23)12-15-8-5-4-6-9-15/h4-6,8-9,16H,3,7,10-14H2,1-2H3/t16-/m0/s1. The molecule has 0 unspecified atom stereocenters. The van der Waals surface area contributed by atoms with E-state index >= 15 is 0 Å². The van der Waals surface area contributed by atoms with Gasteiger partial charge >= 0.3 is 5.97 Å². The van der Waals surface area contributed by atoms with Crippen molar-refractivity contribution < 1.29 is 9.53 Å². The van der Waals surface area contributed by atoms with Crippen molar-refractivity contribution in [3.8, 4) is 0 Å². The first-order valence-corrected chi connectivity index (χ1v) is 9.55. The first-order chi connectivity index (χ1) is 12.6. The number of esters is 1. The van der Waals surface area contributed by atoms with E-state index in [9.17, 15) is 4.79 Å². The Morgan fingerprint density at radius 3 is 2.85 bits per heavy atom. The minimum Gasteiger partial charge on any atom is -0.466 e. The van der Waals surface area contributed by atoms with Gasteiger partial charge < -0.3 is 9.30 Å². The molecule has 3 rings (SSSR count). The Hall–Kier alpha value is -1.99. The molecular weight excluding hydrogens is 348 g/mol. The number of hydrogen-bond acceptors (Lipinski definition) is 5. The zero-order valence-electron chi connectivity index (χ0n) is 15.4. The van der Waals surface area contributed by atoms with E-state index < -0.39 is 0 Å². The van der Waals surface area contributed by atoms with Gasteiger partial charge in [0.1, 0.15) is 5.82 Å². The number of piperidine rings is 1. The quantitative estimate of drug-likeness (QED) is 0.575. The highest BCUT2D eigenvalue weighted by Gasteiger charge is 2.27. The molecule has 1 aromatic heterocycles. The van der Waals surface area contributed by atoms with Crippen molar-refractivity contribution in [2.24, 2.45) is 13.0 Å². The fraction of sp³-hybridized carbons (Fsp3) is 0.526. The molecule has 0 saturated carbocycles. The Balaban J connectivity index is 1.69. The number of carbonyl (C=O) groups is 1. The summed E-state index contributed by atoms with van der Waals surface area (Å²) in [5.41, 5.74) is 1.21. The molecule has 0 bridgehead atoms. The second-order valence-electron chi connectivity index (χ2n) is 6.73. The van der Waals surface area contributed by atoms with E-state index in [1.807, 2.05) is 41.4 Å². The molecule has 7 heteroatoms. The Morgan fingerprint density at radius 1 is 1.35 bits per heavy atom. The molecule has 0 N–H and O–H groups in total. The van der Waals surface area contributed by atoms with E-state index in [1.165, 1.54) is 5.56 Å². The maximum absolute atomic E-state index is 12.0. The van der Waals surface area contributed by atoms with Gasteiger partial charge in [-0.1, -0.05) is 30.3 Å². The average Bonchev–Trinajstić information content (AvgIpc) is 2.91. The number of nitrogens with zero attached hydrogens (tertiary/aromatic N) is 4. The Labute approximate surface area is 159 Å². The molecule has 2 heterocycles. The summed E-state index contributed by atoms with van der Waals surface area (Å²) in [4.78, 5) is 14.3. The Morgan fingerprint density at radius 2 is 2.12 bits per heavy atom. The largest absolute Gasteiger partial charge is 0.466 e. The second kappa shape index (κ2) is 8.60. The summed E-state index contributed by atoms with van der Waals surface area (Å²) in [7, 11) is 1.96. The molecular formula is C19H26N4O2S. The van der Waals surface area contributed by atoms with Gasteiger partial charge in [0.25, 0.3) is 0 Å². The summed E-state index contributed by atoms with van der Waals surface area (Å²) >= 11 is 5.57. The first-order valence-electron chi connectivity index (χ1n) is 9.14. The molecule has 26 heavy (non-hydrogen) atoms. The molecule has 1 aliphatic heterocycles. The predicted molar refractivity (Wildman–Crippen MR) is 102 cm³/mol. The molecule has 2 aromatic rings. The van der Waals surface area contributed by atoms with Gasteiger partial charge in [0.05, 0.1) is 19.2 Å². The van der Waals surface area contributed by atoms with Crippen LogP contribution in [0.2, 0.25) is 0 Å². The summed E-state index contributed by atoms with van der Waals surface area (Å²) in [6.45, 7) is 4.54. The number of rotatable bonds is 6. The number of hydrogen-bond donors (Lipinski definition) is 0. The van der Waals surface area contributed by atoms with Gasteiger partial charge in [-0.3, -0.25) is 9.69 Å². The minimum atomic E-state index is -0.0911. The summed E-state index contributed by atoms with van der Waals surface area (Å²) in [5.74, 6) is 0.803. The van der Waals surface area contributed by atoms with Crippen molar-refractivity contribution in [2.45, 2.75) is 32.9 Å². The number of ether oxygens (including phenoxy) is 1. The van der Waals surface area contributed by atoms with Crippen molar-refractivity contribution in [3.63, 3.8) is 0 Å². The maximum Gasteiger partial charge on any atom is 0.310 e. The van der Waals surface area contributed by atoms with E-state index in [2.05, 4.69) is 17.0 Å². The molecule has 140 valence electrons. The van der Waals surface area contributed by atoms with Crippen LogP contribution >= 0.6 is 12.2 Å². The molecule has 0 aliphatic carbocycles. The van der Waals surface area contributed by atoms with Crippen LogP contribution in [-0.4, -0.2) is 44.9 Å². The monoisotopic (exact) mass is 374 g/mol. The average molecular weight is 375 g/mol. The van der Waals surface area contributed by atoms with Gasteiger partial charge in [-0.25, -0.2) is 4.68 Å². The summed E-state index contributed by atoms with van der Waals surface area (Å²) in [5, 5.41) is 4.72. The Kier molecular flexibility index (Phi) is 6.21. The van der Waals surface area contributed by atoms with E-state index in [0.717, 1.165) is 31.6 Å². The van der Waals surface area contributed by atoms with E-state index in [-0.39, 0.29) is 11.9 Å². The van der Waals surface area contributed by atoms with Gasteiger partial charge in [-0.15, -0.1) is 0 Å². The molecule has 6 nitrogen and oxygen atoms in total. The zero-order chi connectivity index (χ0) is 18.5. The highest BCUT2D eigenvalue weighted by Crippen LogP contribution is 2.19. The number of benzene rings is 1. The van der Waals surface area contributed by atoms with Crippen LogP contribution in [0.4, 0.5) is 0 Å². The van der Waals surface area contributed by atoms with Crippen molar-refractivity contribution >= 4 is 18.2 Å². The van der Waals surface area contributed by atoms with Crippen LogP contribution in [0, 0.1) is 10.7 Å². The smallest absolute Gasteiger partial charge is 0.310 e. The van der Waals surface area contributed by atoms with Crippen molar-refractivity contribution in [1.29, 1.82) is 0 Å². The van der Waals surface area contributed by atoms with E-state index in [4.69, 9.17) is 22.1 Å². The molecule has 1 fully saturated rings. The van der Waals surface area contributed by atoms with Crippen LogP contribution < -0.4 is 0 Å². The molecule has 1 atom stereocenters. The number of likely N-dealkylation sites (tertiary alicyclic amines) is 1. The van der Waals surface area contributed by atoms with E-state index in [0.29, 0.717) is 24.6 Å². The summed E-state index contributed by atoms with van der Waals surface area (Å²) < 4.78 is 9.71. The lowest BCUT2D eigenvalue weighted by Crippen LogP contribution is -2.40. The number of carbonyl (C=O) groups excluding carboxylic acids is 1. The van der Waals surface area contributed by atoms with Crippen LogP contribution in [0.3, 0.4) is 0 Å². The second-order valence-corrected chi connectivity index (χ2v) is 7.09. The fourth-order valence-corrected chi connectivity index (χ4v) is 3.59. The lowest BCUT2D eigenvalue weighted by Gasteiger charge is -2.31. The summed E-state index contributed by atoms with van der Waals surface area (Å²) in [6.07, 6.45) is 2.63. The topological polar surface area (TPSA) is 52.3 Å². The highest BCUT2D eigenvalue weighted by molar-refractivity contribution is 7.71. The molecule has 0 amide bonds. The first kappa shape index (κ1) is 18.8. The van der Waals surface area contributed by atoms with Gasteiger partial charge in [0.2, 0.25) is 0 Å². The van der Waals surface area contributed by atoms with Gasteiger partial charge in [0.15, 0.2) is 4.77 Å². The van der Waals surface area contributed by atoms with Crippen LogP contribution in [-0.2, 0) is 29.7 Å². The van der Waals surface area contributed by atoms with Crippen molar-refractivity contribution in [2.75, 3.05) is 19.7 Å². The normalized spacial score (nSPS) is 18.0. The minimum absolute atomic E-state index is 0.0506. The van der Waals surface area contributed by atoms with Crippen LogP contribution in [0.15, 0.2) is 30.3 Å².